The summed E-state index contributed by atoms with van der Waals surface area (Å²) < 4.78 is 42.3. The minimum atomic E-state index is -4.49. The molecule has 0 aliphatic heterocycles. The number of aryl methyl sites for hydroxylation is 1. The highest BCUT2D eigenvalue weighted by Crippen LogP contribution is 2.29. The molecule has 5 nitrogen and oxygen atoms in total. The van der Waals surface area contributed by atoms with Crippen LogP contribution in [0.25, 0.3) is 0 Å². The third-order valence-corrected chi connectivity index (χ3v) is 2.29. The minimum Gasteiger partial charge on any atom is -0.448 e. The second-order valence-corrected chi connectivity index (χ2v) is 3.64. The number of hydrogen-bond acceptors (Lipinski definition) is 4. The number of anilines is 1. The maximum Gasteiger partial charge on any atom is 0.416 e. The summed E-state index contributed by atoms with van der Waals surface area (Å²) in [5.74, 6) is -0.621. The number of carbonyl (C=O) groups is 1. The van der Waals surface area contributed by atoms with Gasteiger partial charge in [0.05, 0.1) is 5.56 Å². The molecule has 8 heteroatoms. The van der Waals surface area contributed by atoms with Crippen LogP contribution >= 0.6 is 0 Å². The monoisotopic (exact) mass is 271 g/mol. The van der Waals surface area contributed by atoms with Gasteiger partial charge in [0.2, 0.25) is 0 Å². The molecule has 0 aliphatic rings. The number of aromatic nitrogens is 2. The van der Waals surface area contributed by atoms with Crippen molar-refractivity contribution in [3.8, 4) is 0 Å². The number of nitrogens with zero attached hydrogens (tertiary/aromatic N) is 2. The Kier molecular flexibility index (Phi) is 3.24. The molecule has 0 aromatic carbocycles. The lowest BCUT2D eigenvalue weighted by Gasteiger charge is -2.08. The summed E-state index contributed by atoms with van der Waals surface area (Å²) in [7, 11) is 0. The van der Waals surface area contributed by atoms with Gasteiger partial charge in [-0.1, -0.05) is 0 Å². The number of nitrogens with one attached hydrogen (secondary N) is 1. The van der Waals surface area contributed by atoms with Crippen LogP contribution < -0.4 is 5.32 Å². The number of alkyl halides is 3. The first-order valence-corrected chi connectivity index (χ1v) is 5.12. The molecule has 0 atom stereocenters. The molecule has 0 bridgehead atoms. The third-order valence-electron chi connectivity index (χ3n) is 2.29. The number of hydrogen-bond donors (Lipinski definition) is 1. The predicted octanol–water partition coefficient (Wildman–Crippen LogP) is 2.65. The Morgan fingerprint density at radius 1 is 1.37 bits per heavy atom. The van der Waals surface area contributed by atoms with Gasteiger partial charge in [-0.15, -0.1) is 0 Å². The van der Waals surface area contributed by atoms with E-state index in [9.17, 15) is 18.0 Å². The maximum absolute atomic E-state index is 12.5. The summed E-state index contributed by atoms with van der Waals surface area (Å²) in [6.45, 7) is 1.52. The van der Waals surface area contributed by atoms with Crippen LogP contribution in [0.3, 0.4) is 0 Å². The van der Waals surface area contributed by atoms with Gasteiger partial charge in [-0.05, 0) is 19.1 Å². The molecule has 100 valence electrons. The number of oxazole rings is 1. The van der Waals surface area contributed by atoms with E-state index in [2.05, 4.69) is 15.3 Å². The summed E-state index contributed by atoms with van der Waals surface area (Å²) in [6, 6.07) is 1.56. The quantitative estimate of drug-likeness (QED) is 0.911. The zero-order valence-electron chi connectivity index (χ0n) is 9.65. The molecule has 0 unspecified atom stereocenters. The molecule has 2 rings (SSSR count). The van der Waals surface area contributed by atoms with Crippen LogP contribution in [-0.4, -0.2) is 15.9 Å². The molecular formula is C11H8F3N3O2. The number of amides is 1. The van der Waals surface area contributed by atoms with E-state index in [0.29, 0.717) is 0 Å². The van der Waals surface area contributed by atoms with Crippen molar-refractivity contribution >= 4 is 11.7 Å². The molecule has 0 aliphatic carbocycles. The standard InChI is InChI=1S/C11H8F3N3O2/c1-6-9(16-5-19-6)10(18)17-8-4-7(2-3-15-8)11(12,13)14/h2-5H,1H3,(H,15,17,18). The fourth-order valence-corrected chi connectivity index (χ4v) is 1.37. The first-order valence-electron chi connectivity index (χ1n) is 5.12. The van der Waals surface area contributed by atoms with Crippen molar-refractivity contribution in [2.75, 3.05) is 5.32 Å². The van der Waals surface area contributed by atoms with Gasteiger partial charge in [0.25, 0.3) is 5.91 Å². The molecule has 0 radical (unpaired) electrons. The molecule has 0 saturated heterocycles. The van der Waals surface area contributed by atoms with E-state index in [1.807, 2.05) is 0 Å². The van der Waals surface area contributed by atoms with Crippen LogP contribution in [-0.2, 0) is 6.18 Å². The average molecular weight is 271 g/mol. The van der Waals surface area contributed by atoms with Gasteiger partial charge in [-0.25, -0.2) is 9.97 Å². The van der Waals surface area contributed by atoms with Crippen LogP contribution in [0, 0.1) is 6.92 Å². The molecule has 0 spiro atoms. The van der Waals surface area contributed by atoms with Crippen LogP contribution in [0.15, 0.2) is 29.1 Å². The Hall–Kier alpha value is -2.38. The van der Waals surface area contributed by atoms with Gasteiger partial charge in [-0.2, -0.15) is 13.2 Å². The van der Waals surface area contributed by atoms with Crippen LogP contribution in [0.4, 0.5) is 19.0 Å². The zero-order valence-corrected chi connectivity index (χ0v) is 9.65. The molecule has 2 aromatic rings. The van der Waals surface area contributed by atoms with Crippen molar-refractivity contribution in [3.63, 3.8) is 0 Å². The van der Waals surface area contributed by atoms with Crippen molar-refractivity contribution in [1.82, 2.24) is 9.97 Å². The van der Waals surface area contributed by atoms with E-state index in [-0.39, 0.29) is 17.3 Å². The van der Waals surface area contributed by atoms with Gasteiger partial charge in [0, 0.05) is 6.20 Å². The fourth-order valence-electron chi connectivity index (χ4n) is 1.37. The summed E-state index contributed by atoms with van der Waals surface area (Å²) >= 11 is 0. The van der Waals surface area contributed by atoms with Gasteiger partial charge in [0.1, 0.15) is 11.6 Å². The van der Waals surface area contributed by atoms with Crippen LogP contribution in [0.2, 0.25) is 0 Å². The number of pyridine rings is 1. The normalized spacial score (nSPS) is 11.4. The summed E-state index contributed by atoms with van der Waals surface area (Å²) in [6.07, 6.45) is -2.45. The molecule has 19 heavy (non-hydrogen) atoms. The Morgan fingerprint density at radius 2 is 2.11 bits per heavy atom. The predicted molar refractivity (Wildman–Crippen MR) is 58.4 cm³/mol. The Labute approximate surface area is 105 Å². The Balaban J connectivity index is 2.21. The summed E-state index contributed by atoms with van der Waals surface area (Å²) in [5, 5.41) is 2.23. The smallest absolute Gasteiger partial charge is 0.416 e. The summed E-state index contributed by atoms with van der Waals surface area (Å²) in [4.78, 5) is 19.0. The van der Waals surface area contributed by atoms with E-state index in [0.717, 1.165) is 24.7 Å². The third kappa shape index (κ3) is 2.90. The van der Waals surface area contributed by atoms with E-state index >= 15 is 0 Å². The lowest BCUT2D eigenvalue weighted by molar-refractivity contribution is -0.137. The minimum absolute atomic E-state index is 0.000730. The van der Waals surface area contributed by atoms with Crippen LogP contribution in [0.5, 0.6) is 0 Å². The van der Waals surface area contributed by atoms with Gasteiger partial charge < -0.3 is 9.73 Å². The van der Waals surface area contributed by atoms with Crippen molar-refractivity contribution in [2.45, 2.75) is 13.1 Å². The molecule has 1 amide bonds. The highest BCUT2D eigenvalue weighted by atomic mass is 19.4. The number of carbonyl (C=O) groups excluding carboxylic acids is 1. The van der Waals surface area contributed by atoms with E-state index < -0.39 is 17.6 Å². The first-order chi connectivity index (χ1) is 8.88. The zero-order chi connectivity index (χ0) is 14.0. The van der Waals surface area contributed by atoms with Gasteiger partial charge >= 0.3 is 6.18 Å². The second kappa shape index (κ2) is 4.71. The highest BCUT2D eigenvalue weighted by molar-refractivity contribution is 6.02. The Bertz CT molecular complexity index is 607. The second-order valence-electron chi connectivity index (χ2n) is 3.64. The molecule has 2 heterocycles. The number of halogens is 3. The average Bonchev–Trinajstić information content (AvgIpc) is 2.75. The van der Waals surface area contributed by atoms with Crippen molar-refractivity contribution in [1.29, 1.82) is 0 Å². The van der Waals surface area contributed by atoms with Crippen molar-refractivity contribution < 1.29 is 22.4 Å². The fraction of sp³-hybridized carbons (Fsp3) is 0.182. The molecule has 2 aromatic heterocycles. The molecular weight excluding hydrogens is 263 g/mol. The number of rotatable bonds is 2. The van der Waals surface area contributed by atoms with Crippen molar-refractivity contribution in [2.24, 2.45) is 0 Å². The largest absolute Gasteiger partial charge is 0.448 e. The maximum atomic E-state index is 12.5. The van der Waals surface area contributed by atoms with E-state index in [4.69, 9.17) is 4.42 Å². The SMILES string of the molecule is Cc1ocnc1C(=O)Nc1cc(C(F)(F)F)ccn1. The highest BCUT2D eigenvalue weighted by Gasteiger charge is 2.31. The summed E-state index contributed by atoms with van der Waals surface area (Å²) in [5.41, 5.74) is -0.895. The van der Waals surface area contributed by atoms with Gasteiger partial charge in [-0.3, -0.25) is 4.79 Å². The van der Waals surface area contributed by atoms with Gasteiger partial charge in [0.15, 0.2) is 12.1 Å². The molecule has 0 fully saturated rings. The lowest BCUT2D eigenvalue weighted by atomic mass is 10.2. The molecule has 1 N–H and O–H groups in total. The van der Waals surface area contributed by atoms with E-state index in [1.165, 1.54) is 6.92 Å². The first kappa shape index (κ1) is 13.1. The van der Waals surface area contributed by atoms with E-state index in [1.54, 1.807) is 0 Å². The Morgan fingerprint density at radius 3 is 2.68 bits per heavy atom. The van der Waals surface area contributed by atoms with Crippen molar-refractivity contribution in [3.05, 3.63) is 41.7 Å². The molecule has 0 saturated carbocycles. The topological polar surface area (TPSA) is 68.0 Å². The van der Waals surface area contributed by atoms with Crippen LogP contribution in [0.1, 0.15) is 21.8 Å². The lowest BCUT2D eigenvalue weighted by Crippen LogP contribution is -2.15.